The van der Waals surface area contributed by atoms with Crippen LogP contribution in [0.5, 0.6) is 5.75 Å². The van der Waals surface area contributed by atoms with Crippen molar-refractivity contribution in [3.05, 3.63) is 99.5 Å². The van der Waals surface area contributed by atoms with Crippen LogP contribution in [0.4, 0.5) is 0 Å². The van der Waals surface area contributed by atoms with Gasteiger partial charge in [-0.2, -0.15) is 0 Å². The number of carbonyl (C=O) groups is 2. The monoisotopic (exact) mass is 470 g/mol. The molecule has 0 saturated carbocycles. The summed E-state index contributed by atoms with van der Waals surface area (Å²) >= 11 is 0. The molecule has 0 spiro atoms. The van der Waals surface area contributed by atoms with Crippen molar-refractivity contribution in [3.63, 3.8) is 0 Å². The van der Waals surface area contributed by atoms with Crippen LogP contribution in [0, 0.1) is 20.8 Å². The molecule has 2 heterocycles. The van der Waals surface area contributed by atoms with Crippen LogP contribution in [0.25, 0.3) is 11.8 Å². The van der Waals surface area contributed by atoms with Gasteiger partial charge in [-0.15, -0.1) is 0 Å². The SMILES string of the molecule is COC(=O)C1=C(C)N(Cc2ccc(OC)cc2)C(=O)C1=Cc1cc(C)n(-c2ccccc2C)c1C. The maximum atomic E-state index is 13.6. The van der Waals surface area contributed by atoms with Crippen LogP contribution >= 0.6 is 0 Å². The van der Waals surface area contributed by atoms with Crippen LogP contribution in [-0.4, -0.2) is 35.6 Å². The molecule has 0 radical (unpaired) electrons. The first-order valence-electron chi connectivity index (χ1n) is 11.5. The van der Waals surface area contributed by atoms with E-state index in [0.717, 1.165) is 39.5 Å². The van der Waals surface area contributed by atoms with E-state index in [2.05, 4.69) is 23.6 Å². The van der Waals surface area contributed by atoms with Crippen molar-refractivity contribution in [3.8, 4) is 11.4 Å². The number of benzene rings is 2. The highest BCUT2D eigenvalue weighted by Crippen LogP contribution is 2.34. The molecule has 0 unspecified atom stereocenters. The molecule has 2 aromatic carbocycles. The second-order valence-electron chi connectivity index (χ2n) is 8.70. The zero-order valence-corrected chi connectivity index (χ0v) is 21.0. The number of aryl methyl sites for hydroxylation is 2. The van der Waals surface area contributed by atoms with Crippen LogP contribution in [0.1, 0.15) is 35.0 Å². The number of esters is 1. The number of carbonyl (C=O) groups excluding carboxylic acids is 2. The van der Waals surface area contributed by atoms with Crippen LogP contribution in [0.2, 0.25) is 0 Å². The number of aromatic nitrogens is 1. The van der Waals surface area contributed by atoms with E-state index in [1.807, 2.05) is 62.4 Å². The zero-order valence-electron chi connectivity index (χ0n) is 21.0. The number of para-hydroxylation sites is 1. The molecule has 6 heteroatoms. The van der Waals surface area contributed by atoms with Gasteiger partial charge in [0.05, 0.1) is 31.9 Å². The van der Waals surface area contributed by atoms with Crippen molar-refractivity contribution in [2.24, 2.45) is 0 Å². The molecule has 0 aliphatic carbocycles. The molecule has 35 heavy (non-hydrogen) atoms. The number of ether oxygens (including phenoxy) is 2. The van der Waals surface area contributed by atoms with Crippen LogP contribution in [-0.2, 0) is 20.9 Å². The fraction of sp³-hybridized carbons (Fsp3) is 0.241. The minimum absolute atomic E-state index is 0.223. The smallest absolute Gasteiger partial charge is 0.340 e. The van der Waals surface area contributed by atoms with Gasteiger partial charge >= 0.3 is 5.97 Å². The lowest BCUT2D eigenvalue weighted by Crippen LogP contribution is -2.24. The number of amides is 1. The Morgan fingerprint density at radius 1 is 0.971 bits per heavy atom. The number of rotatable bonds is 6. The summed E-state index contributed by atoms with van der Waals surface area (Å²) in [4.78, 5) is 28.0. The Morgan fingerprint density at radius 3 is 2.29 bits per heavy atom. The van der Waals surface area contributed by atoms with Crippen LogP contribution < -0.4 is 4.74 Å². The third-order valence-electron chi connectivity index (χ3n) is 6.53. The number of hydrogen-bond donors (Lipinski definition) is 0. The first-order valence-corrected chi connectivity index (χ1v) is 11.5. The van der Waals surface area contributed by atoms with E-state index < -0.39 is 5.97 Å². The van der Waals surface area contributed by atoms with Crippen LogP contribution in [0.3, 0.4) is 0 Å². The molecule has 0 fully saturated rings. The van der Waals surface area contributed by atoms with Crippen molar-refractivity contribution >= 4 is 18.0 Å². The highest BCUT2D eigenvalue weighted by atomic mass is 16.5. The van der Waals surface area contributed by atoms with E-state index in [-0.39, 0.29) is 5.91 Å². The number of allylic oxidation sites excluding steroid dienone is 1. The average molecular weight is 471 g/mol. The molecule has 0 atom stereocenters. The second-order valence-corrected chi connectivity index (χ2v) is 8.70. The molecular formula is C29H30N2O4. The molecule has 0 N–H and O–H groups in total. The van der Waals surface area contributed by atoms with Crippen molar-refractivity contribution in [1.82, 2.24) is 9.47 Å². The Balaban J connectivity index is 1.76. The molecule has 3 aromatic rings. The van der Waals surface area contributed by atoms with Gasteiger partial charge in [-0.25, -0.2) is 4.79 Å². The summed E-state index contributed by atoms with van der Waals surface area (Å²) in [7, 11) is 2.95. The Labute approximate surface area is 206 Å². The first kappa shape index (κ1) is 24.1. The van der Waals surface area contributed by atoms with E-state index in [0.29, 0.717) is 23.4 Å². The summed E-state index contributed by atoms with van der Waals surface area (Å²) < 4.78 is 12.5. The van der Waals surface area contributed by atoms with Crippen molar-refractivity contribution in [2.45, 2.75) is 34.2 Å². The third kappa shape index (κ3) is 4.39. The highest BCUT2D eigenvalue weighted by Gasteiger charge is 2.37. The lowest BCUT2D eigenvalue weighted by molar-refractivity contribution is -0.136. The molecular weight excluding hydrogens is 440 g/mol. The predicted molar refractivity (Wildman–Crippen MR) is 136 cm³/mol. The predicted octanol–water partition coefficient (Wildman–Crippen LogP) is 5.28. The zero-order chi connectivity index (χ0) is 25.3. The summed E-state index contributed by atoms with van der Waals surface area (Å²) in [6, 6.07) is 17.8. The summed E-state index contributed by atoms with van der Waals surface area (Å²) in [6.45, 7) is 8.26. The summed E-state index contributed by atoms with van der Waals surface area (Å²) in [5.41, 5.74) is 7.32. The largest absolute Gasteiger partial charge is 0.497 e. The molecule has 180 valence electrons. The molecule has 4 rings (SSSR count). The normalized spacial score (nSPS) is 14.7. The lowest BCUT2D eigenvalue weighted by Gasteiger charge is -2.18. The molecule has 1 aliphatic rings. The molecule has 1 amide bonds. The Morgan fingerprint density at radius 2 is 1.66 bits per heavy atom. The highest BCUT2D eigenvalue weighted by molar-refractivity contribution is 6.16. The average Bonchev–Trinajstić information content (AvgIpc) is 3.26. The molecule has 1 aromatic heterocycles. The Bertz CT molecular complexity index is 1360. The van der Waals surface area contributed by atoms with E-state index >= 15 is 0 Å². The quantitative estimate of drug-likeness (QED) is 0.363. The van der Waals surface area contributed by atoms with Gasteiger partial charge in [-0.05, 0) is 74.7 Å². The lowest BCUT2D eigenvalue weighted by atomic mass is 10.0. The van der Waals surface area contributed by atoms with Crippen molar-refractivity contribution in [2.75, 3.05) is 14.2 Å². The van der Waals surface area contributed by atoms with E-state index in [1.165, 1.54) is 7.11 Å². The van der Waals surface area contributed by atoms with Gasteiger partial charge in [0.25, 0.3) is 5.91 Å². The van der Waals surface area contributed by atoms with E-state index in [1.54, 1.807) is 18.9 Å². The molecule has 0 saturated heterocycles. The Hall–Kier alpha value is -4.06. The van der Waals surface area contributed by atoms with Gasteiger partial charge in [0, 0.05) is 22.8 Å². The molecule has 0 bridgehead atoms. The van der Waals surface area contributed by atoms with Crippen LogP contribution in [0.15, 0.2) is 71.4 Å². The Kier molecular flexibility index (Phi) is 6.65. The van der Waals surface area contributed by atoms with Gasteiger partial charge in [0.1, 0.15) is 5.75 Å². The van der Waals surface area contributed by atoms with Gasteiger partial charge < -0.3 is 18.9 Å². The number of nitrogens with zero attached hydrogens (tertiary/aromatic N) is 2. The number of methoxy groups -OCH3 is 2. The van der Waals surface area contributed by atoms with Crippen molar-refractivity contribution < 1.29 is 19.1 Å². The van der Waals surface area contributed by atoms with Crippen molar-refractivity contribution in [1.29, 1.82) is 0 Å². The second kappa shape index (κ2) is 9.66. The van der Waals surface area contributed by atoms with Gasteiger partial charge in [0.15, 0.2) is 0 Å². The van der Waals surface area contributed by atoms with E-state index in [9.17, 15) is 9.59 Å². The maximum absolute atomic E-state index is 13.6. The number of hydrogen-bond acceptors (Lipinski definition) is 4. The fourth-order valence-electron chi connectivity index (χ4n) is 4.61. The summed E-state index contributed by atoms with van der Waals surface area (Å²) in [5.74, 6) is 0.0000575. The minimum atomic E-state index is -0.521. The van der Waals surface area contributed by atoms with Gasteiger partial charge in [-0.1, -0.05) is 30.3 Å². The fourth-order valence-corrected chi connectivity index (χ4v) is 4.61. The molecule has 6 nitrogen and oxygen atoms in total. The van der Waals surface area contributed by atoms with E-state index in [4.69, 9.17) is 9.47 Å². The molecule has 1 aliphatic heterocycles. The van der Waals surface area contributed by atoms with Gasteiger partial charge in [-0.3, -0.25) is 4.79 Å². The first-order chi connectivity index (χ1) is 16.8. The summed E-state index contributed by atoms with van der Waals surface area (Å²) in [5, 5.41) is 0. The minimum Gasteiger partial charge on any atom is -0.497 e. The maximum Gasteiger partial charge on any atom is 0.340 e. The third-order valence-corrected chi connectivity index (χ3v) is 6.53. The van der Waals surface area contributed by atoms with Gasteiger partial charge in [0.2, 0.25) is 0 Å². The standard InChI is InChI=1S/C29H30N2O4/c1-18-9-7-8-10-26(18)31-19(2)15-23(20(31)3)16-25-27(29(33)35-6)21(4)30(28(25)32)17-22-11-13-24(34-5)14-12-22/h7-16H,17H2,1-6H3. The summed E-state index contributed by atoms with van der Waals surface area (Å²) in [6.07, 6.45) is 1.81. The topological polar surface area (TPSA) is 60.8 Å².